The van der Waals surface area contributed by atoms with Crippen molar-refractivity contribution in [2.24, 2.45) is 5.10 Å². The van der Waals surface area contributed by atoms with Crippen molar-refractivity contribution in [3.05, 3.63) is 35.4 Å². The molecule has 5 nitrogen and oxygen atoms in total. The van der Waals surface area contributed by atoms with Crippen LogP contribution < -0.4 is 0 Å². The number of rotatable bonds is 2. The fraction of sp³-hybridized carbons (Fsp3) is 0.273. The van der Waals surface area contributed by atoms with Crippen LogP contribution in [0.3, 0.4) is 0 Å². The van der Waals surface area contributed by atoms with Gasteiger partial charge in [-0.3, -0.25) is 0 Å². The van der Waals surface area contributed by atoms with E-state index < -0.39 is 16.1 Å². The van der Waals surface area contributed by atoms with Crippen molar-refractivity contribution < 1.29 is 8.42 Å². The Labute approximate surface area is 100 Å². The lowest BCUT2D eigenvalue weighted by Crippen LogP contribution is -2.32. The lowest BCUT2D eigenvalue weighted by atomic mass is 9.98. The molecule has 0 saturated heterocycles. The monoisotopic (exact) mass is 249 g/mol. The number of sulfonamides is 1. The van der Waals surface area contributed by atoms with Gasteiger partial charge in [0.2, 0.25) is 10.0 Å². The summed E-state index contributed by atoms with van der Waals surface area (Å²) in [7, 11) is -3.46. The lowest BCUT2D eigenvalue weighted by molar-refractivity contribution is 0.340. The summed E-state index contributed by atoms with van der Waals surface area (Å²) in [6.07, 6.45) is 2.67. The molecular formula is C11H11N3O2S. The molecule has 0 aromatic heterocycles. The molecule has 0 aliphatic carbocycles. The SMILES string of the molecule is CS(=O)(=O)N1N=Cc2ccccc2C1CC#N. The van der Waals surface area contributed by atoms with Crippen molar-refractivity contribution in [3.8, 4) is 6.07 Å². The fourth-order valence-electron chi connectivity index (χ4n) is 1.84. The van der Waals surface area contributed by atoms with E-state index in [4.69, 9.17) is 5.26 Å². The Bertz CT molecular complexity index is 601. The minimum atomic E-state index is -3.46. The van der Waals surface area contributed by atoms with Crippen LogP contribution in [0.5, 0.6) is 0 Å². The predicted molar refractivity (Wildman–Crippen MR) is 63.7 cm³/mol. The quantitative estimate of drug-likeness (QED) is 0.791. The predicted octanol–water partition coefficient (Wildman–Crippen LogP) is 1.25. The third kappa shape index (κ3) is 2.15. The van der Waals surface area contributed by atoms with Gasteiger partial charge in [-0.25, -0.2) is 8.42 Å². The zero-order valence-electron chi connectivity index (χ0n) is 9.24. The third-order valence-corrected chi connectivity index (χ3v) is 3.59. The molecule has 0 spiro atoms. The van der Waals surface area contributed by atoms with E-state index in [2.05, 4.69) is 5.10 Å². The summed E-state index contributed by atoms with van der Waals surface area (Å²) in [5, 5.41) is 12.7. The van der Waals surface area contributed by atoms with Crippen molar-refractivity contribution in [1.82, 2.24) is 4.41 Å². The van der Waals surface area contributed by atoms with Gasteiger partial charge in [0, 0.05) is 0 Å². The Morgan fingerprint density at radius 1 is 1.47 bits per heavy atom. The Balaban J connectivity index is 2.53. The van der Waals surface area contributed by atoms with Crippen LogP contribution in [-0.4, -0.2) is 25.3 Å². The average molecular weight is 249 g/mol. The summed E-state index contributed by atoms with van der Waals surface area (Å²) in [5.41, 5.74) is 1.67. The van der Waals surface area contributed by atoms with E-state index in [0.717, 1.165) is 21.8 Å². The van der Waals surface area contributed by atoms with E-state index in [9.17, 15) is 8.42 Å². The zero-order valence-corrected chi connectivity index (χ0v) is 10.1. The molecule has 88 valence electrons. The number of fused-ring (bicyclic) bond motifs is 1. The van der Waals surface area contributed by atoms with E-state index in [1.807, 2.05) is 30.3 Å². The molecule has 0 radical (unpaired) electrons. The summed E-state index contributed by atoms with van der Waals surface area (Å²) in [6, 6.07) is 8.81. The normalized spacial score (nSPS) is 18.6. The molecule has 1 aliphatic rings. The highest BCUT2D eigenvalue weighted by atomic mass is 32.2. The Morgan fingerprint density at radius 2 is 2.18 bits per heavy atom. The first-order chi connectivity index (χ1) is 8.04. The molecule has 0 fully saturated rings. The van der Waals surface area contributed by atoms with E-state index in [-0.39, 0.29) is 6.42 Å². The largest absolute Gasteiger partial charge is 0.247 e. The highest BCUT2D eigenvalue weighted by Gasteiger charge is 2.30. The second-order valence-electron chi connectivity index (χ2n) is 3.79. The number of benzene rings is 1. The molecule has 0 saturated carbocycles. The van der Waals surface area contributed by atoms with E-state index in [0.29, 0.717) is 0 Å². The number of hydrazone groups is 1. The second-order valence-corrected chi connectivity index (χ2v) is 5.63. The van der Waals surface area contributed by atoms with Crippen LogP contribution in [0.25, 0.3) is 0 Å². The molecule has 1 aliphatic heterocycles. The molecule has 0 amide bonds. The van der Waals surface area contributed by atoms with Gasteiger partial charge in [0.25, 0.3) is 0 Å². The molecule has 1 atom stereocenters. The smallest absolute Gasteiger partial charge is 0.205 e. The van der Waals surface area contributed by atoms with Gasteiger partial charge >= 0.3 is 0 Å². The molecule has 0 N–H and O–H groups in total. The van der Waals surface area contributed by atoms with Crippen molar-refractivity contribution in [2.45, 2.75) is 12.5 Å². The maximum absolute atomic E-state index is 11.6. The van der Waals surface area contributed by atoms with Gasteiger partial charge in [0.1, 0.15) is 6.04 Å². The van der Waals surface area contributed by atoms with Crippen molar-refractivity contribution in [3.63, 3.8) is 0 Å². The minimum Gasteiger partial charge on any atom is -0.205 e. The van der Waals surface area contributed by atoms with Crippen LogP contribution in [0.1, 0.15) is 23.6 Å². The van der Waals surface area contributed by atoms with Crippen LogP contribution >= 0.6 is 0 Å². The molecular weight excluding hydrogens is 238 g/mol. The van der Waals surface area contributed by atoms with E-state index in [1.54, 1.807) is 0 Å². The standard InChI is InChI=1S/C11H11N3O2S/c1-17(15,16)14-11(6-7-12)10-5-3-2-4-9(10)8-13-14/h2-5,8,11H,6H2,1H3. The van der Waals surface area contributed by atoms with Gasteiger partial charge in [-0.2, -0.15) is 14.8 Å². The van der Waals surface area contributed by atoms with Gasteiger partial charge < -0.3 is 0 Å². The molecule has 1 unspecified atom stereocenters. The molecule has 0 bridgehead atoms. The van der Waals surface area contributed by atoms with E-state index in [1.165, 1.54) is 6.21 Å². The second kappa shape index (κ2) is 4.18. The summed E-state index contributed by atoms with van der Waals surface area (Å²) < 4.78 is 24.2. The van der Waals surface area contributed by atoms with Crippen molar-refractivity contribution in [2.75, 3.05) is 6.26 Å². The molecule has 1 heterocycles. The minimum absolute atomic E-state index is 0.0847. The molecule has 6 heteroatoms. The number of nitriles is 1. The van der Waals surface area contributed by atoms with Crippen LogP contribution in [0.15, 0.2) is 29.4 Å². The third-order valence-electron chi connectivity index (χ3n) is 2.56. The van der Waals surface area contributed by atoms with Crippen molar-refractivity contribution >= 4 is 16.2 Å². The topological polar surface area (TPSA) is 73.5 Å². The lowest BCUT2D eigenvalue weighted by Gasteiger charge is -2.29. The molecule has 17 heavy (non-hydrogen) atoms. The van der Waals surface area contributed by atoms with Crippen LogP contribution in [0.4, 0.5) is 0 Å². The Hall–Kier alpha value is -1.87. The van der Waals surface area contributed by atoms with Crippen LogP contribution in [0, 0.1) is 11.3 Å². The summed E-state index contributed by atoms with van der Waals surface area (Å²) in [6.45, 7) is 0. The maximum Gasteiger partial charge on any atom is 0.247 e. The van der Waals surface area contributed by atoms with Crippen LogP contribution in [0.2, 0.25) is 0 Å². The average Bonchev–Trinajstić information content (AvgIpc) is 2.28. The molecule has 1 aromatic rings. The van der Waals surface area contributed by atoms with Crippen molar-refractivity contribution in [1.29, 1.82) is 5.26 Å². The van der Waals surface area contributed by atoms with Gasteiger partial charge in [0.05, 0.1) is 25.0 Å². The highest BCUT2D eigenvalue weighted by molar-refractivity contribution is 7.88. The van der Waals surface area contributed by atoms with Gasteiger partial charge in [-0.15, -0.1) is 0 Å². The van der Waals surface area contributed by atoms with Gasteiger partial charge in [0.15, 0.2) is 0 Å². The maximum atomic E-state index is 11.6. The summed E-state index contributed by atoms with van der Waals surface area (Å²) in [5.74, 6) is 0. The first-order valence-corrected chi connectivity index (χ1v) is 6.88. The number of hydrogen-bond acceptors (Lipinski definition) is 4. The first-order valence-electron chi connectivity index (χ1n) is 5.03. The number of hydrogen-bond donors (Lipinski definition) is 0. The summed E-state index contributed by atoms with van der Waals surface area (Å²) >= 11 is 0. The Morgan fingerprint density at radius 3 is 2.82 bits per heavy atom. The number of nitrogens with zero attached hydrogens (tertiary/aromatic N) is 3. The van der Waals surface area contributed by atoms with Crippen LogP contribution in [-0.2, 0) is 10.0 Å². The summed E-state index contributed by atoms with van der Waals surface area (Å²) in [4.78, 5) is 0. The molecule has 1 aromatic carbocycles. The highest BCUT2D eigenvalue weighted by Crippen LogP contribution is 2.31. The Kier molecular flexibility index (Phi) is 2.86. The zero-order chi connectivity index (χ0) is 12.5. The molecule has 2 rings (SSSR count). The van der Waals surface area contributed by atoms with Gasteiger partial charge in [-0.05, 0) is 11.1 Å². The van der Waals surface area contributed by atoms with Gasteiger partial charge in [-0.1, -0.05) is 24.3 Å². The van der Waals surface area contributed by atoms with E-state index >= 15 is 0 Å². The fourth-order valence-corrected chi connectivity index (χ4v) is 2.71. The first kappa shape index (κ1) is 11.6.